The van der Waals surface area contributed by atoms with Gasteiger partial charge in [0.2, 0.25) is 5.91 Å². The van der Waals surface area contributed by atoms with Crippen molar-refractivity contribution in [1.29, 1.82) is 0 Å². The lowest BCUT2D eigenvalue weighted by Gasteiger charge is -2.48. The summed E-state index contributed by atoms with van der Waals surface area (Å²) in [6.45, 7) is 1.51. The normalized spacial score (nSPS) is 29.9. The van der Waals surface area contributed by atoms with Crippen molar-refractivity contribution >= 4 is 5.91 Å². The highest BCUT2D eigenvalue weighted by Crippen LogP contribution is 2.33. The number of nitrogens with one attached hydrogen (secondary N) is 1. The molecule has 19 nitrogen and oxygen atoms in total. The molecular weight excluding hydrogens is 1080 g/mol. The minimum Gasteiger partial charge on any atom is -0.394 e. The number of amides is 1. The lowest BCUT2D eigenvalue weighted by molar-refractivity contribution is -0.379. The number of aliphatic hydroxyl groups excluding tert-OH is 11. The first-order chi connectivity index (χ1) is 40.8. The van der Waals surface area contributed by atoms with Gasteiger partial charge in [-0.1, -0.05) is 181 Å². The molecule has 84 heavy (non-hydrogen) atoms. The van der Waals surface area contributed by atoms with Crippen LogP contribution in [0.15, 0.2) is 109 Å². The number of carbonyl (C=O) groups excluding carboxylic acids is 1. The Morgan fingerprint density at radius 3 is 1.29 bits per heavy atom. The molecule has 3 rings (SSSR count). The van der Waals surface area contributed by atoms with Crippen LogP contribution in [0.5, 0.6) is 0 Å². The van der Waals surface area contributed by atoms with E-state index in [-0.39, 0.29) is 18.9 Å². The third-order valence-electron chi connectivity index (χ3n) is 14.8. The van der Waals surface area contributed by atoms with E-state index in [1.165, 1.54) is 12.8 Å². The monoisotopic (exact) mass is 1190 g/mol. The maximum atomic E-state index is 13.3. The molecule has 0 bridgehead atoms. The Kier molecular flexibility index (Phi) is 41.4. The number of aliphatic hydroxyl groups is 11. The molecular formula is C65H107NO18. The highest BCUT2D eigenvalue weighted by molar-refractivity contribution is 5.76. The Hall–Kier alpha value is -3.55. The second-order valence-corrected chi connectivity index (χ2v) is 21.8. The van der Waals surface area contributed by atoms with E-state index >= 15 is 0 Å². The number of carbonyl (C=O) groups is 1. The molecule has 17 atom stereocenters. The van der Waals surface area contributed by atoms with Gasteiger partial charge in [-0.25, -0.2) is 0 Å². The fourth-order valence-corrected chi connectivity index (χ4v) is 9.73. The lowest BCUT2D eigenvalue weighted by atomic mass is 9.96. The van der Waals surface area contributed by atoms with E-state index in [2.05, 4.69) is 116 Å². The van der Waals surface area contributed by atoms with Crippen molar-refractivity contribution in [3.05, 3.63) is 109 Å². The number of unbranched alkanes of at least 4 members (excludes halogenated alkanes) is 12. The van der Waals surface area contributed by atoms with Crippen molar-refractivity contribution in [3.8, 4) is 0 Å². The van der Waals surface area contributed by atoms with Crippen molar-refractivity contribution in [2.24, 2.45) is 0 Å². The van der Waals surface area contributed by atoms with Crippen LogP contribution in [0.25, 0.3) is 0 Å². The predicted octanol–water partition coefficient (Wildman–Crippen LogP) is 6.31. The van der Waals surface area contributed by atoms with E-state index in [1.807, 2.05) is 6.08 Å². The summed E-state index contributed by atoms with van der Waals surface area (Å²) in [5.74, 6) is -0.300. The van der Waals surface area contributed by atoms with Crippen LogP contribution in [0.4, 0.5) is 0 Å². The van der Waals surface area contributed by atoms with E-state index in [0.717, 1.165) is 122 Å². The molecule has 0 aromatic heterocycles. The van der Waals surface area contributed by atoms with Crippen molar-refractivity contribution in [1.82, 2.24) is 5.32 Å². The zero-order chi connectivity index (χ0) is 61.2. The van der Waals surface area contributed by atoms with E-state index in [4.69, 9.17) is 28.4 Å². The minimum absolute atomic E-state index is 0.218. The summed E-state index contributed by atoms with van der Waals surface area (Å²) >= 11 is 0. The number of ether oxygens (including phenoxy) is 6. The molecule has 3 aliphatic heterocycles. The van der Waals surface area contributed by atoms with Crippen LogP contribution in [-0.4, -0.2) is 193 Å². The first-order valence-electron chi connectivity index (χ1n) is 31.1. The van der Waals surface area contributed by atoms with Gasteiger partial charge in [0.25, 0.3) is 0 Å². The van der Waals surface area contributed by atoms with Gasteiger partial charge >= 0.3 is 0 Å². The average molecular weight is 1190 g/mol. The van der Waals surface area contributed by atoms with Gasteiger partial charge in [-0.15, -0.1) is 0 Å². The second kappa shape index (κ2) is 46.6. The van der Waals surface area contributed by atoms with E-state index < -0.39 is 124 Å². The van der Waals surface area contributed by atoms with Crippen LogP contribution < -0.4 is 5.32 Å². The molecule has 0 aliphatic carbocycles. The van der Waals surface area contributed by atoms with E-state index in [1.54, 1.807) is 6.08 Å². The van der Waals surface area contributed by atoms with Crippen molar-refractivity contribution in [2.75, 3.05) is 26.4 Å². The van der Waals surface area contributed by atoms with Crippen LogP contribution in [-0.2, 0) is 33.2 Å². The molecule has 3 heterocycles. The number of hydrogen-bond acceptors (Lipinski definition) is 18. The molecule has 1 amide bonds. The van der Waals surface area contributed by atoms with Crippen LogP contribution >= 0.6 is 0 Å². The van der Waals surface area contributed by atoms with Gasteiger partial charge in [0.1, 0.15) is 73.2 Å². The Labute approximate surface area is 500 Å². The quantitative estimate of drug-likeness (QED) is 0.0235. The standard InChI is InChI=1S/C65H107NO18/c1-3-5-7-9-11-13-14-15-16-17-18-19-20-21-22-23-24-25-26-27-28-29-30-31-32-33-34-35-37-39-41-43-53(71)66-48(49(70)42-40-38-36-12-10-8-6-4-2)47-79-63-59(77)56(74)61(51(45-68)81-63)84-65-60(78)57(75)62(52(46-69)82-65)83-64-58(76)55(73)54(72)50(44-67)80-64/h5,7,11,13,15-16,18-19,21-22,24-25,27-28,30-31,40,42,48-52,54-65,67-70,72-78H,3-4,6,8-10,12,14,17,20,23,26,29,32-39,41,43-47H2,1-2H3,(H,66,71)/b7-5-,13-11-,16-15-,19-18-,22-21-,25-24-,28-27-,31-30-,42-40+. The predicted molar refractivity (Wildman–Crippen MR) is 323 cm³/mol. The summed E-state index contributed by atoms with van der Waals surface area (Å²) < 4.78 is 34.1. The Balaban J connectivity index is 1.39. The topological polar surface area (TPSA) is 307 Å². The van der Waals surface area contributed by atoms with Gasteiger partial charge in [-0.2, -0.15) is 0 Å². The van der Waals surface area contributed by atoms with Gasteiger partial charge in [-0.05, 0) is 83.5 Å². The Bertz CT molecular complexity index is 1950. The maximum Gasteiger partial charge on any atom is 0.220 e. The van der Waals surface area contributed by atoms with Crippen molar-refractivity contribution in [2.45, 2.75) is 266 Å². The third kappa shape index (κ3) is 29.4. The summed E-state index contributed by atoms with van der Waals surface area (Å²) in [6.07, 6.45) is 33.9. The van der Waals surface area contributed by atoms with Gasteiger partial charge in [0, 0.05) is 6.42 Å². The second-order valence-electron chi connectivity index (χ2n) is 21.8. The molecule has 480 valence electrons. The summed E-state index contributed by atoms with van der Waals surface area (Å²) in [7, 11) is 0. The fraction of sp³-hybridized carbons (Fsp3) is 0.708. The average Bonchev–Trinajstić information content (AvgIpc) is 2.91. The Morgan fingerprint density at radius 2 is 0.821 bits per heavy atom. The summed E-state index contributed by atoms with van der Waals surface area (Å²) in [5.41, 5.74) is 0. The smallest absolute Gasteiger partial charge is 0.220 e. The van der Waals surface area contributed by atoms with Crippen LogP contribution in [0.1, 0.15) is 162 Å². The van der Waals surface area contributed by atoms with Gasteiger partial charge in [-0.3, -0.25) is 4.79 Å². The van der Waals surface area contributed by atoms with Crippen LogP contribution in [0.3, 0.4) is 0 Å². The number of rotatable bonds is 44. The molecule has 0 saturated carbocycles. The molecule has 17 unspecified atom stereocenters. The molecule has 3 fully saturated rings. The number of allylic oxidation sites excluding steroid dienone is 17. The first-order valence-corrected chi connectivity index (χ1v) is 31.1. The molecule has 3 aliphatic rings. The van der Waals surface area contributed by atoms with E-state index in [9.17, 15) is 61.0 Å². The molecule has 12 N–H and O–H groups in total. The Morgan fingerprint density at radius 1 is 0.440 bits per heavy atom. The zero-order valence-electron chi connectivity index (χ0n) is 50.1. The minimum atomic E-state index is -1.98. The van der Waals surface area contributed by atoms with Crippen molar-refractivity contribution in [3.63, 3.8) is 0 Å². The SMILES string of the molecule is CC/C=C\C/C=C\C/C=C\C/C=C\C/C=C\C/C=C\C/C=C\C/C=C\CCCCCCCCC(=O)NC(COC1OC(CO)C(OC2OC(CO)C(OC3OC(CO)C(O)C(O)C3O)C(O)C2O)C(O)C1O)C(O)/C=C/CCCCCCCC. The molecule has 0 radical (unpaired) electrons. The molecule has 0 aromatic rings. The highest BCUT2D eigenvalue weighted by atomic mass is 16.8. The highest BCUT2D eigenvalue weighted by Gasteiger charge is 2.53. The van der Waals surface area contributed by atoms with Gasteiger partial charge < -0.3 is 89.9 Å². The van der Waals surface area contributed by atoms with E-state index in [0.29, 0.717) is 6.42 Å². The molecule has 0 aromatic carbocycles. The zero-order valence-corrected chi connectivity index (χ0v) is 50.1. The molecule has 19 heteroatoms. The van der Waals surface area contributed by atoms with Crippen LogP contribution in [0, 0.1) is 0 Å². The molecule has 3 saturated heterocycles. The first kappa shape index (κ1) is 74.7. The number of hydrogen-bond donors (Lipinski definition) is 12. The summed E-state index contributed by atoms with van der Waals surface area (Å²) in [5, 5.41) is 120. The molecule has 0 spiro atoms. The van der Waals surface area contributed by atoms with Gasteiger partial charge in [0.05, 0.1) is 38.6 Å². The third-order valence-corrected chi connectivity index (χ3v) is 14.8. The summed E-state index contributed by atoms with van der Waals surface area (Å²) in [6, 6.07) is -0.986. The van der Waals surface area contributed by atoms with Crippen LogP contribution in [0.2, 0.25) is 0 Å². The summed E-state index contributed by atoms with van der Waals surface area (Å²) in [4.78, 5) is 13.3. The van der Waals surface area contributed by atoms with Gasteiger partial charge in [0.15, 0.2) is 18.9 Å². The van der Waals surface area contributed by atoms with Crippen molar-refractivity contribution < 1.29 is 89.4 Å². The maximum absolute atomic E-state index is 13.3. The fourth-order valence-electron chi connectivity index (χ4n) is 9.73. The largest absolute Gasteiger partial charge is 0.394 e. The lowest BCUT2D eigenvalue weighted by Crippen LogP contribution is -2.66.